The maximum atomic E-state index is 11.0. The maximum Gasteiger partial charge on any atom is 0.216 e. The van der Waals surface area contributed by atoms with Crippen LogP contribution < -0.4 is 0 Å². The van der Waals surface area contributed by atoms with Gasteiger partial charge in [0.05, 0.1) is 6.04 Å². The van der Waals surface area contributed by atoms with Crippen LogP contribution in [0.1, 0.15) is 17.2 Å². The number of nitrogens with zero attached hydrogens (tertiary/aromatic N) is 1. The van der Waals surface area contributed by atoms with E-state index in [1.807, 2.05) is 72.8 Å². The van der Waals surface area contributed by atoms with Crippen LogP contribution in [0.15, 0.2) is 66.7 Å². The lowest BCUT2D eigenvalue weighted by molar-refractivity contribution is -0.130. The summed E-state index contributed by atoms with van der Waals surface area (Å²) in [5.41, 5.74) is 1.91. The molecule has 0 radical (unpaired) electrons. The molecule has 0 aliphatic carbocycles. The van der Waals surface area contributed by atoms with E-state index in [0.29, 0.717) is 12.8 Å². The molecule has 0 heterocycles. The number of rotatable bonds is 6. The monoisotopic (exact) mass is 265 g/mol. The van der Waals surface area contributed by atoms with E-state index in [2.05, 4.69) is 0 Å². The zero-order chi connectivity index (χ0) is 14.2. The quantitative estimate of drug-likeness (QED) is 0.753. The molecule has 2 aromatic rings. The van der Waals surface area contributed by atoms with Crippen molar-refractivity contribution in [3.05, 3.63) is 77.9 Å². The van der Waals surface area contributed by atoms with Gasteiger partial charge in [-0.3, -0.25) is 14.5 Å². The van der Waals surface area contributed by atoms with Gasteiger partial charge in [0.15, 0.2) is 0 Å². The van der Waals surface area contributed by atoms with Gasteiger partial charge in [-0.25, -0.2) is 0 Å². The molecule has 0 aromatic heterocycles. The summed E-state index contributed by atoms with van der Waals surface area (Å²) in [5, 5.41) is 0. The normalized spacial score (nSPS) is 12.0. The van der Waals surface area contributed by atoms with Crippen LogP contribution in [0, 0.1) is 0 Å². The lowest BCUT2D eigenvalue weighted by Crippen LogP contribution is -2.24. The van der Waals surface area contributed by atoms with E-state index in [9.17, 15) is 9.59 Å². The maximum absolute atomic E-state index is 11.0. The molecular formula is C17H15NO2. The Morgan fingerprint density at radius 2 is 1.35 bits per heavy atom. The first-order valence-electron chi connectivity index (χ1n) is 6.31. The third-order valence-electron chi connectivity index (χ3n) is 2.98. The number of carbonyl (C=O) groups excluding carboxylic acids is 2. The largest absolute Gasteiger partial charge is 0.278 e. The molecule has 0 aliphatic rings. The Hall–Kier alpha value is -2.68. The van der Waals surface area contributed by atoms with E-state index in [0.717, 1.165) is 16.0 Å². The fourth-order valence-electron chi connectivity index (χ4n) is 1.96. The first-order chi connectivity index (χ1) is 9.85. The Kier molecular flexibility index (Phi) is 4.84. The third kappa shape index (κ3) is 3.42. The van der Waals surface area contributed by atoms with Crippen molar-refractivity contribution in [1.29, 1.82) is 0 Å². The fraction of sp³-hybridized carbons (Fsp3) is 0.0588. The minimum absolute atomic E-state index is 0.397. The molecule has 2 rings (SSSR count). The van der Waals surface area contributed by atoms with Gasteiger partial charge in [-0.2, -0.15) is 0 Å². The van der Waals surface area contributed by atoms with E-state index in [1.165, 1.54) is 0 Å². The summed E-state index contributed by atoms with van der Waals surface area (Å²) in [6, 6.07) is 18.8. The summed E-state index contributed by atoms with van der Waals surface area (Å²) in [5.74, 6) is 0. The molecule has 0 fully saturated rings. The number of benzene rings is 2. The zero-order valence-electron chi connectivity index (χ0n) is 10.9. The van der Waals surface area contributed by atoms with Gasteiger partial charge in [-0.05, 0) is 11.1 Å². The number of hydrogen-bond donors (Lipinski definition) is 0. The van der Waals surface area contributed by atoms with Gasteiger partial charge in [-0.15, -0.1) is 0 Å². The topological polar surface area (TPSA) is 37.4 Å². The van der Waals surface area contributed by atoms with Crippen molar-refractivity contribution in [2.24, 2.45) is 0 Å². The predicted molar refractivity (Wildman–Crippen MR) is 78.6 cm³/mol. The van der Waals surface area contributed by atoms with Crippen molar-refractivity contribution in [2.45, 2.75) is 6.04 Å². The molecule has 100 valence electrons. The van der Waals surface area contributed by atoms with Crippen molar-refractivity contribution in [1.82, 2.24) is 4.90 Å². The van der Waals surface area contributed by atoms with Gasteiger partial charge in [0, 0.05) is 0 Å². The van der Waals surface area contributed by atoms with E-state index >= 15 is 0 Å². The molecule has 0 saturated carbocycles. The Bertz CT molecular complexity index is 570. The van der Waals surface area contributed by atoms with Gasteiger partial charge >= 0.3 is 0 Å². The molecule has 3 heteroatoms. The summed E-state index contributed by atoms with van der Waals surface area (Å²) in [6.07, 6.45) is 4.82. The standard InChI is InChI=1S/C17H15NO2/c19-13-18(14-20)17(16-9-5-2-6-10-16)12-11-15-7-3-1-4-8-15/h1-14,17H/t17-/m0/s1. The lowest BCUT2D eigenvalue weighted by atomic mass is 10.0. The molecule has 0 aliphatic heterocycles. The van der Waals surface area contributed by atoms with Crippen molar-refractivity contribution in [3.63, 3.8) is 0 Å². The SMILES string of the molecule is O=CN(C=O)[C@@H](C=Cc1ccccc1)c1ccccc1. The molecule has 0 bridgehead atoms. The van der Waals surface area contributed by atoms with Gasteiger partial charge in [-0.1, -0.05) is 72.8 Å². The van der Waals surface area contributed by atoms with Crippen molar-refractivity contribution in [2.75, 3.05) is 0 Å². The summed E-state index contributed by atoms with van der Waals surface area (Å²) in [6.45, 7) is 0. The minimum Gasteiger partial charge on any atom is -0.278 e. The van der Waals surface area contributed by atoms with Gasteiger partial charge in [0.2, 0.25) is 12.8 Å². The smallest absolute Gasteiger partial charge is 0.216 e. The average Bonchev–Trinajstić information content (AvgIpc) is 2.53. The zero-order valence-corrected chi connectivity index (χ0v) is 10.9. The summed E-state index contributed by atoms with van der Waals surface area (Å²) >= 11 is 0. The molecule has 2 aromatic carbocycles. The Morgan fingerprint density at radius 3 is 1.90 bits per heavy atom. The molecule has 20 heavy (non-hydrogen) atoms. The van der Waals surface area contributed by atoms with Crippen molar-refractivity contribution < 1.29 is 9.59 Å². The van der Waals surface area contributed by atoms with Crippen LogP contribution in [0.3, 0.4) is 0 Å². The van der Waals surface area contributed by atoms with Gasteiger partial charge < -0.3 is 0 Å². The van der Waals surface area contributed by atoms with E-state index in [4.69, 9.17) is 0 Å². The lowest BCUT2D eigenvalue weighted by Gasteiger charge is -2.20. The van der Waals surface area contributed by atoms with Gasteiger partial charge in [0.1, 0.15) is 0 Å². The first-order valence-corrected chi connectivity index (χ1v) is 6.31. The second-order valence-corrected chi connectivity index (χ2v) is 4.28. The summed E-state index contributed by atoms with van der Waals surface area (Å²) in [7, 11) is 0. The third-order valence-corrected chi connectivity index (χ3v) is 2.98. The molecule has 0 spiro atoms. The van der Waals surface area contributed by atoms with Gasteiger partial charge in [0.25, 0.3) is 0 Å². The Morgan fingerprint density at radius 1 is 0.800 bits per heavy atom. The average molecular weight is 265 g/mol. The Labute approximate surface area is 118 Å². The number of amides is 2. The first kappa shape index (κ1) is 13.7. The van der Waals surface area contributed by atoms with Crippen LogP contribution >= 0.6 is 0 Å². The fourth-order valence-corrected chi connectivity index (χ4v) is 1.96. The van der Waals surface area contributed by atoms with Crippen LogP contribution in [0.25, 0.3) is 6.08 Å². The van der Waals surface area contributed by atoms with Crippen LogP contribution in [-0.2, 0) is 9.59 Å². The molecule has 1 atom stereocenters. The summed E-state index contributed by atoms with van der Waals surface area (Å²) < 4.78 is 0. The highest BCUT2D eigenvalue weighted by Crippen LogP contribution is 2.21. The summed E-state index contributed by atoms with van der Waals surface area (Å²) in [4.78, 5) is 23.2. The van der Waals surface area contributed by atoms with E-state index in [1.54, 1.807) is 0 Å². The molecule has 3 nitrogen and oxygen atoms in total. The highest BCUT2D eigenvalue weighted by Gasteiger charge is 2.14. The second kappa shape index (κ2) is 7.04. The number of carbonyl (C=O) groups is 2. The molecule has 0 unspecified atom stereocenters. The molecular weight excluding hydrogens is 250 g/mol. The number of hydrogen-bond acceptors (Lipinski definition) is 2. The highest BCUT2D eigenvalue weighted by molar-refractivity contribution is 5.71. The van der Waals surface area contributed by atoms with Crippen LogP contribution in [0.4, 0.5) is 0 Å². The minimum atomic E-state index is -0.397. The van der Waals surface area contributed by atoms with Crippen LogP contribution in [0.2, 0.25) is 0 Å². The van der Waals surface area contributed by atoms with Crippen molar-refractivity contribution in [3.8, 4) is 0 Å². The number of imide groups is 1. The van der Waals surface area contributed by atoms with Crippen LogP contribution in [-0.4, -0.2) is 17.7 Å². The predicted octanol–water partition coefficient (Wildman–Crippen LogP) is 3.06. The molecule has 0 saturated heterocycles. The highest BCUT2D eigenvalue weighted by atomic mass is 16.2. The molecule has 0 N–H and O–H groups in total. The van der Waals surface area contributed by atoms with Crippen molar-refractivity contribution >= 4 is 18.9 Å². The molecule has 2 amide bonds. The second-order valence-electron chi connectivity index (χ2n) is 4.28. The van der Waals surface area contributed by atoms with E-state index in [-0.39, 0.29) is 0 Å². The van der Waals surface area contributed by atoms with E-state index < -0.39 is 6.04 Å². The Balaban J connectivity index is 2.30. The van der Waals surface area contributed by atoms with Crippen LogP contribution in [0.5, 0.6) is 0 Å².